The van der Waals surface area contributed by atoms with Crippen LogP contribution in [-0.2, 0) is 32.1 Å². The standard InChI is InChI=1S/C28H33N3O8/c1-3-28(4-2)25(37)31(27(38)29-17-19-8-6-5-7-9-19)26(28)39-20-12-10-18(11-13-20)16-21(24(35)36)30-22(32)14-15-23(33)34/h5-13,21,26H,3-4,14-17H2,1-2H3,(H,29,38)(H,30,32)(H,33,34)(H,35,36)/t21-,26?/m0/s1. The van der Waals surface area contributed by atoms with E-state index in [-0.39, 0.29) is 25.3 Å². The Morgan fingerprint density at radius 1 is 0.949 bits per heavy atom. The van der Waals surface area contributed by atoms with Crippen molar-refractivity contribution in [3.63, 3.8) is 0 Å². The lowest BCUT2D eigenvalue weighted by molar-refractivity contribution is -0.190. The highest BCUT2D eigenvalue weighted by Gasteiger charge is 2.62. The zero-order valence-corrected chi connectivity index (χ0v) is 21.9. The van der Waals surface area contributed by atoms with E-state index < -0.39 is 48.0 Å². The highest BCUT2D eigenvalue weighted by molar-refractivity contribution is 6.03. The first-order valence-corrected chi connectivity index (χ1v) is 12.8. The fraction of sp³-hybridized carbons (Fsp3) is 0.393. The molecule has 0 bridgehead atoms. The topological polar surface area (TPSA) is 162 Å². The first-order chi connectivity index (χ1) is 18.6. The molecule has 0 aromatic heterocycles. The average Bonchev–Trinajstić information content (AvgIpc) is 2.92. The van der Waals surface area contributed by atoms with Gasteiger partial charge in [0.15, 0.2) is 6.23 Å². The molecule has 11 nitrogen and oxygen atoms in total. The van der Waals surface area contributed by atoms with Gasteiger partial charge in [-0.25, -0.2) is 14.5 Å². The predicted octanol–water partition coefficient (Wildman–Crippen LogP) is 2.93. The van der Waals surface area contributed by atoms with Crippen LogP contribution in [0.2, 0.25) is 0 Å². The van der Waals surface area contributed by atoms with Crippen molar-refractivity contribution >= 4 is 29.8 Å². The number of likely N-dealkylation sites (tertiary alicyclic amines) is 1. The molecule has 39 heavy (non-hydrogen) atoms. The number of imide groups is 1. The summed E-state index contributed by atoms with van der Waals surface area (Å²) in [5.41, 5.74) is 0.631. The lowest BCUT2D eigenvalue weighted by atomic mass is 9.72. The third-order valence-corrected chi connectivity index (χ3v) is 6.93. The molecular formula is C28H33N3O8. The summed E-state index contributed by atoms with van der Waals surface area (Å²) in [6, 6.07) is 14.0. The quantitative estimate of drug-likeness (QED) is 0.282. The zero-order valence-electron chi connectivity index (χ0n) is 21.9. The summed E-state index contributed by atoms with van der Waals surface area (Å²) < 4.78 is 6.13. The fourth-order valence-corrected chi connectivity index (χ4v) is 4.51. The van der Waals surface area contributed by atoms with Crippen molar-refractivity contribution in [1.29, 1.82) is 0 Å². The molecule has 2 atom stereocenters. The normalized spacial score (nSPS) is 16.5. The van der Waals surface area contributed by atoms with Gasteiger partial charge in [-0.2, -0.15) is 0 Å². The maximum atomic E-state index is 13.1. The van der Waals surface area contributed by atoms with Crippen LogP contribution in [0.15, 0.2) is 54.6 Å². The van der Waals surface area contributed by atoms with E-state index in [9.17, 15) is 29.1 Å². The molecule has 0 saturated carbocycles. The van der Waals surface area contributed by atoms with Crippen LogP contribution in [0.5, 0.6) is 5.75 Å². The Morgan fingerprint density at radius 2 is 1.59 bits per heavy atom. The van der Waals surface area contributed by atoms with E-state index in [0.29, 0.717) is 24.2 Å². The number of rotatable bonds is 13. The van der Waals surface area contributed by atoms with Crippen molar-refractivity contribution in [2.24, 2.45) is 5.41 Å². The lowest BCUT2D eigenvalue weighted by Crippen LogP contribution is -2.73. The van der Waals surface area contributed by atoms with E-state index >= 15 is 0 Å². The van der Waals surface area contributed by atoms with Gasteiger partial charge in [-0.05, 0) is 36.1 Å². The number of urea groups is 1. The number of nitrogens with zero attached hydrogens (tertiary/aromatic N) is 1. The maximum Gasteiger partial charge on any atom is 0.327 e. The average molecular weight is 540 g/mol. The molecule has 11 heteroatoms. The van der Waals surface area contributed by atoms with Crippen molar-refractivity contribution in [1.82, 2.24) is 15.5 Å². The Hall–Kier alpha value is -4.41. The van der Waals surface area contributed by atoms with Crippen LogP contribution in [0.4, 0.5) is 4.79 Å². The molecule has 1 fully saturated rings. The highest BCUT2D eigenvalue weighted by atomic mass is 16.5. The molecule has 1 unspecified atom stereocenters. The third kappa shape index (κ3) is 6.92. The van der Waals surface area contributed by atoms with Crippen LogP contribution in [-0.4, -0.2) is 57.2 Å². The summed E-state index contributed by atoms with van der Waals surface area (Å²) in [6.07, 6.45) is -0.602. The van der Waals surface area contributed by atoms with Crippen molar-refractivity contribution in [3.8, 4) is 5.75 Å². The number of hydrogen-bond donors (Lipinski definition) is 4. The molecule has 2 aromatic carbocycles. The molecule has 2 aromatic rings. The van der Waals surface area contributed by atoms with Crippen LogP contribution < -0.4 is 15.4 Å². The molecular weight excluding hydrogens is 506 g/mol. The van der Waals surface area contributed by atoms with E-state index in [1.54, 1.807) is 24.3 Å². The number of carboxylic acid groups (broad SMARTS) is 2. The summed E-state index contributed by atoms with van der Waals surface area (Å²) in [6.45, 7) is 4.00. The first kappa shape index (κ1) is 29.2. The molecule has 4 amide bonds. The molecule has 208 valence electrons. The summed E-state index contributed by atoms with van der Waals surface area (Å²) in [7, 11) is 0. The van der Waals surface area contributed by atoms with Gasteiger partial charge in [-0.3, -0.25) is 14.4 Å². The second-order valence-corrected chi connectivity index (χ2v) is 9.35. The van der Waals surface area contributed by atoms with Crippen molar-refractivity contribution in [3.05, 3.63) is 65.7 Å². The maximum absolute atomic E-state index is 13.1. The van der Waals surface area contributed by atoms with E-state index in [0.717, 1.165) is 10.5 Å². The predicted molar refractivity (Wildman–Crippen MR) is 140 cm³/mol. The third-order valence-electron chi connectivity index (χ3n) is 6.93. The van der Waals surface area contributed by atoms with Crippen LogP contribution in [0.3, 0.4) is 0 Å². The summed E-state index contributed by atoms with van der Waals surface area (Å²) >= 11 is 0. The SMILES string of the molecule is CCC1(CC)C(=O)N(C(=O)NCc2ccccc2)C1Oc1ccc(C[C@H](NC(=O)CCC(=O)O)C(=O)O)cc1. The van der Waals surface area contributed by atoms with Crippen LogP contribution >= 0.6 is 0 Å². The summed E-state index contributed by atoms with van der Waals surface area (Å²) in [5.74, 6) is -2.98. The second-order valence-electron chi connectivity index (χ2n) is 9.35. The number of hydrogen-bond acceptors (Lipinski definition) is 6. The van der Waals surface area contributed by atoms with Crippen LogP contribution in [0, 0.1) is 5.41 Å². The van der Waals surface area contributed by atoms with Gasteiger partial charge < -0.3 is 25.6 Å². The Balaban J connectivity index is 1.67. The number of carbonyl (C=O) groups is 5. The van der Waals surface area contributed by atoms with Crippen LogP contribution in [0.1, 0.15) is 50.7 Å². The molecule has 1 aliphatic rings. The van der Waals surface area contributed by atoms with Gasteiger partial charge in [0, 0.05) is 19.4 Å². The monoisotopic (exact) mass is 539 g/mol. The fourth-order valence-electron chi connectivity index (χ4n) is 4.51. The van der Waals surface area contributed by atoms with Gasteiger partial charge >= 0.3 is 18.0 Å². The minimum atomic E-state index is -1.25. The van der Waals surface area contributed by atoms with Gasteiger partial charge in [0.1, 0.15) is 17.2 Å². The Morgan fingerprint density at radius 3 is 2.15 bits per heavy atom. The van der Waals surface area contributed by atoms with Crippen molar-refractivity contribution in [2.75, 3.05) is 0 Å². The molecule has 0 spiro atoms. The second kappa shape index (κ2) is 12.9. The molecule has 0 aliphatic carbocycles. The number of ether oxygens (including phenoxy) is 1. The molecule has 1 saturated heterocycles. The molecule has 3 rings (SSSR count). The highest BCUT2D eigenvalue weighted by Crippen LogP contribution is 2.46. The number of nitrogens with one attached hydrogen (secondary N) is 2. The Kier molecular flexibility index (Phi) is 9.64. The number of aliphatic carboxylic acids is 2. The van der Waals surface area contributed by atoms with Crippen molar-refractivity contribution < 1.29 is 38.9 Å². The van der Waals surface area contributed by atoms with E-state index in [2.05, 4.69) is 10.6 Å². The first-order valence-electron chi connectivity index (χ1n) is 12.8. The number of benzene rings is 2. The molecule has 0 radical (unpaired) electrons. The lowest BCUT2D eigenvalue weighted by Gasteiger charge is -2.53. The van der Waals surface area contributed by atoms with Gasteiger partial charge in [0.25, 0.3) is 0 Å². The van der Waals surface area contributed by atoms with Gasteiger partial charge in [-0.15, -0.1) is 0 Å². The number of carbonyl (C=O) groups excluding carboxylic acids is 3. The molecule has 4 N–H and O–H groups in total. The number of β-lactam (4-membered cyclic amide) rings is 1. The molecule has 1 aliphatic heterocycles. The minimum absolute atomic E-state index is 0.0295. The molecule has 1 heterocycles. The van der Waals surface area contributed by atoms with Gasteiger partial charge in [-0.1, -0.05) is 56.3 Å². The smallest absolute Gasteiger partial charge is 0.327 e. The largest absolute Gasteiger partial charge is 0.481 e. The zero-order chi connectivity index (χ0) is 28.6. The van der Waals surface area contributed by atoms with Gasteiger partial charge in [0.2, 0.25) is 11.8 Å². The number of amides is 4. The summed E-state index contributed by atoms with van der Waals surface area (Å²) in [4.78, 5) is 61.3. The van der Waals surface area contributed by atoms with Gasteiger partial charge in [0.05, 0.1) is 6.42 Å². The van der Waals surface area contributed by atoms with E-state index in [1.165, 1.54) is 0 Å². The number of carboxylic acids is 2. The van der Waals surface area contributed by atoms with E-state index in [4.69, 9.17) is 9.84 Å². The Bertz CT molecular complexity index is 1200. The van der Waals surface area contributed by atoms with Crippen LogP contribution in [0.25, 0.3) is 0 Å². The Labute approximate surface area is 226 Å². The van der Waals surface area contributed by atoms with E-state index in [1.807, 2.05) is 44.2 Å². The van der Waals surface area contributed by atoms with Crippen molar-refractivity contribution in [2.45, 2.75) is 64.8 Å². The summed E-state index contributed by atoms with van der Waals surface area (Å²) in [5, 5.41) is 23.3. The minimum Gasteiger partial charge on any atom is -0.481 e.